The van der Waals surface area contributed by atoms with E-state index in [2.05, 4.69) is 5.32 Å². The maximum atomic E-state index is 12.3. The van der Waals surface area contributed by atoms with Crippen molar-refractivity contribution in [3.05, 3.63) is 29.8 Å². The summed E-state index contributed by atoms with van der Waals surface area (Å²) < 4.78 is 42.2. The molecule has 22 heavy (non-hydrogen) atoms. The lowest BCUT2D eigenvalue weighted by molar-refractivity contribution is -0.137. The monoisotopic (exact) mass is 342 g/mol. The van der Waals surface area contributed by atoms with Gasteiger partial charge in [0, 0.05) is 19.5 Å². The van der Waals surface area contributed by atoms with Crippen LogP contribution in [0.1, 0.15) is 12.0 Å². The van der Waals surface area contributed by atoms with Crippen molar-refractivity contribution in [2.24, 2.45) is 5.73 Å². The zero-order chi connectivity index (χ0) is 15.9. The number of amides is 1. The number of benzene rings is 1. The van der Waals surface area contributed by atoms with Crippen molar-refractivity contribution < 1.29 is 27.8 Å². The Kier molecular flexibility index (Phi) is 8.84. The molecule has 0 aliphatic carbocycles. The van der Waals surface area contributed by atoms with E-state index in [0.717, 1.165) is 12.1 Å². The van der Waals surface area contributed by atoms with Gasteiger partial charge in [-0.25, -0.2) is 0 Å². The molecule has 0 bridgehead atoms. The van der Waals surface area contributed by atoms with Gasteiger partial charge in [0.05, 0.1) is 5.56 Å². The lowest BCUT2D eigenvalue weighted by atomic mass is 10.2. The van der Waals surface area contributed by atoms with E-state index in [1.807, 2.05) is 0 Å². The normalized spacial score (nSPS) is 12.2. The SMILES string of the molecule is Cl.NCCC(=O)NCC(O)COc1ccc(C(F)(F)F)cc1. The van der Waals surface area contributed by atoms with Crippen molar-refractivity contribution in [2.75, 3.05) is 19.7 Å². The molecule has 0 aromatic heterocycles. The molecule has 0 heterocycles. The Bertz CT molecular complexity index is 455. The van der Waals surface area contributed by atoms with Gasteiger partial charge in [0.2, 0.25) is 5.91 Å². The summed E-state index contributed by atoms with van der Waals surface area (Å²) >= 11 is 0. The smallest absolute Gasteiger partial charge is 0.416 e. The van der Waals surface area contributed by atoms with Gasteiger partial charge in [0.15, 0.2) is 0 Å². The number of ether oxygens (including phenoxy) is 1. The topological polar surface area (TPSA) is 84.6 Å². The van der Waals surface area contributed by atoms with Gasteiger partial charge >= 0.3 is 6.18 Å². The lowest BCUT2D eigenvalue weighted by Gasteiger charge is -2.14. The molecule has 0 aliphatic rings. The van der Waals surface area contributed by atoms with E-state index in [4.69, 9.17) is 10.5 Å². The summed E-state index contributed by atoms with van der Waals surface area (Å²) in [5.41, 5.74) is 4.41. The van der Waals surface area contributed by atoms with Gasteiger partial charge in [-0.2, -0.15) is 13.2 Å². The molecule has 0 radical (unpaired) electrons. The summed E-state index contributed by atoms with van der Waals surface area (Å²) in [6.07, 6.45) is -5.20. The van der Waals surface area contributed by atoms with Crippen LogP contribution >= 0.6 is 12.4 Å². The molecule has 1 aromatic rings. The minimum absolute atomic E-state index is 0. The predicted octanol–water partition coefficient (Wildman–Crippen LogP) is 1.33. The highest BCUT2D eigenvalue weighted by molar-refractivity contribution is 5.85. The second kappa shape index (κ2) is 9.50. The van der Waals surface area contributed by atoms with Crippen molar-refractivity contribution in [2.45, 2.75) is 18.7 Å². The number of aliphatic hydroxyl groups excluding tert-OH is 1. The summed E-state index contributed by atoms with van der Waals surface area (Å²) in [5, 5.41) is 12.0. The molecule has 1 rings (SSSR count). The molecule has 1 aromatic carbocycles. The summed E-state index contributed by atoms with van der Waals surface area (Å²) in [6, 6.07) is 4.13. The number of rotatable bonds is 7. The first-order valence-electron chi connectivity index (χ1n) is 6.28. The van der Waals surface area contributed by atoms with Gasteiger partial charge in [-0.1, -0.05) is 0 Å². The lowest BCUT2D eigenvalue weighted by Crippen LogP contribution is -2.36. The van der Waals surface area contributed by atoms with Crippen LogP contribution in [0.4, 0.5) is 13.2 Å². The number of hydrogen-bond acceptors (Lipinski definition) is 4. The number of nitrogens with two attached hydrogens (primary N) is 1. The molecule has 9 heteroatoms. The van der Waals surface area contributed by atoms with E-state index in [-0.39, 0.29) is 50.2 Å². The number of carbonyl (C=O) groups is 1. The van der Waals surface area contributed by atoms with Crippen molar-refractivity contribution in [1.29, 1.82) is 0 Å². The minimum Gasteiger partial charge on any atom is -0.491 e. The van der Waals surface area contributed by atoms with Gasteiger partial charge in [-0.3, -0.25) is 4.79 Å². The highest BCUT2D eigenvalue weighted by Crippen LogP contribution is 2.30. The first-order valence-corrected chi connectivity index (χ1v) is 6.28. The number of alkyl halides is 3. The molecule has 0 spiro atoms. The average Bonchev–Trinajstić information content (AvgIpc) is 2.43. The number of hydrogen-bond donors (Lipinski definition) is 3. The van der Waals surface area contributed by atoms with Crippen LogP contribution in [0.3, 0.4) is 0 Å². The molecule has 0 saturated carbocycles. The Morgan fingerprint density at radius 3 is 2.41 bits per heavy atom. The van der Waals surface area contributed by atoms with Crippen LogP contribution in [0.25, 0.3) is 0 Å². The third kappa shape index (κ3) is 7.48. The van der Waals surface area contributed by atoms with Crippen LogP contribution in [-0.4, -0.2) is 36.8 Å². The van der Waals surface area contributed by atoms with Crippen LogP contribution in [-0.2, 0) is 11.0 Å². The first-order chi connectivity index (χ1) is 9.82. The molecule has 0 aliphatic heterocycles. The molecular weight excluding hydrogens is 325 g/mol. The third-order valence-corrected chi connectivity index (χ3v) is 2.53. The highest BCUT2D eigenvalue weighted by Gasteiger charge is 2.30. The number of halogens is 4. The van der Waals surface area contributed by atoms with Gasteiger partial charge in [-0.15, -0.1) is 12.4 Å². The quantitative estimate of drug-likeness (QED) is 0.698. The van der Waals surface area contributed by atoms with Gasteiger partial charge in [-0.05, 0) is 24.3 Å². The van der Waals surface area contributed by atoms with Crippen LogP contribution in [0.15, 0.2) is 24.3 Å². The molecule has 1 amide bonds. The fourth-order valence-electron chi connectivity index (χ4n) is 1.44. The summed E-state index contributed by atoms with van der Waals surface area (Å²) in [7, 11) is 0. The maximum Gasteiger partial charge on any atom is 0.416 e. The van der Waals surface area contributed by atoms with E-state index >= 15 is 0 Å². The summed E-state index contributed by atoms with van der Waals surface area (Å²) in [4.78, 5) is 11.1. The fraction of sp³-hybridized carbons (Fsp3) is 0.462. The Morgan fingerprint density at radius 2 is 1.91 bits per heavy atom. The van der Waals surface area contributed by atoms with Gasteiger partial charge < -0.3 is 20.9 Å². The molecule has 5 nitrogen and oxygen atoms in total. The van der Waals surface area contributed by atoms with Crippen LogP contribution < -0.4 is 15.8 Å². The minimum atomic E-state index is -4.40. The van der Waals surface area contributed by atoms with Gasteiger partial charge in [0.1, 0.15) is 18.5 Å². The Balaban J connectivity index is 0.00000441. The Labute approximate surface area is 132 Å². The number of carbonyl (C=O) groups excluding carboxylic acids is 1. The third-order valence-electron chi connectivity index (χ3n) is 2.53. The maximum absolute atomic E-state index is 12.3. The highest BCUT2D eigenvalue weighted by atomic mass is 35.5. The van der Waals surface area contributed by atoms with E-state index in [9.17, 15) is 23.1 Å². The largest absolute Gasteiger partial charge is 0.491 e. The molecule has 1 unspecified atom stereocenters. The number of aliphatic hydroxyl groups is 1. The van der Waals surface area contributed by atoms with Crippen molar-refractivity contribution in [3.8, 4) is 5.75 Å². The summed E-state index contributed by atoms with van der Waals surface area (Å²) in [5.74, 6) is -0.0820. The Hall–Kier alpha value is -1.51. The average molecular weight is 343 g/mol. The number of nitrogens with one attached hydrogen (secondary N) is 1. The van der Waals surface area contributed by atoms with Crippen molar-refractivity contribution >= 4 is 18.3 Å². The van der Waals surface area contributed by atoms with Crippen LogP contribution in [0.5, 0.6) is 5.75 Å². The molecule has 4 N–H and O–H groups in total. The van der Waals surface area contributed by atoms with E-state index in [1.54, 1.807) is 0 Å². The van der Waals surface area contributed by atoms with Gasteiger partial charge in [0.25, 0.3) is 0 Å². The van der Waals surface area contributed by atoms with Crippen molar-refractivity contribution in [3.63, 3.8) is 0 Å². The van der Waals surface area contributed by atoms with Crippen LogP contribution in [0.2, 0.25) is 0 Å². The van der Waals surface area contributed by atoms with Crippen LogP contribution in [0, 0.1) is 0 Å². The molecule has 1 atom stereocenters. The molecule has 0 saturated heterocycles. The molecular formula is C13H18ClF3N2O3. The second-order valence-corrected chi connectivity index (χ2v) is 4.33. The summed E-state index contributed by atoms with van der Waals surface area (Å²) in [6.45, 7) is 0.0533. The predicted molar refractivity (Wildman–Crippen MR) is 76.9 cm³/mol. The van der Waals surface area contributed by atoms with Crippen molar-refractivity contribution in [1.82, 2.24) is 5.32 Å². The molecule has 0 fully saturated rings. The molecule has 126 valence electrons. The van der Waals surface area contributed by atoms with E-state index < -0.39 is 17.8 Å². The standard InChI is InChI=1S/C13H17F3N2O3.ClH/c14-13(15,16)9-1-3-11(4-2-9)21-8-10(19)7-18-12(20)5-6-17;/h1-4,10,19H,5-8,17H2,(H,18,20);1H. The first kappa shape index (κ1) is 20.5. The zero-order valence-corrected chi connectivity index (χ0v) is 12.4. The van der Waals surface area contributed by atoms with E-state index in [1.165, 1.54) is 12.1 Å². The van der Waals surface area contributed by atoms with E-state index in [0.29, 0.717) is 0 Å². The Morgan fingerprint density at radius 1 is 1.32 bits per heavy atom. The zero-order valence-electron chi connectivity index (χ0n) is 11.6. The fourth-order valence-corrected chi connectivity index (χ4v) is 1.44. The second-order valence-electron chi connectivity index (χ2n) is 4.33.